The molecule has 0 spiro atoms. The average Bonchev–Trinajstić information content (AvgIpc) is 3.33. The molecule has 1 heterocycles. The highest BCUT2D eigenvalue weighted by molar-refractivity contribution is 8.00. The average molecular weight is 643 g/mol. The number of carbonyl (C=O) groups is 3. The molecule has 12 heteroatoms. The molecule has 45 heavy (non-hydrogen) atoms. The Morgan fingerprint density at radius 1 is 0.956 bits per heavy atom. The predicted molar refractivity (Wildman–Crippen MR) is 167 cm³/mol. The van der Waals surface area contributed by atoms with Gasteiger partial charge in [0.1, 0.15) is 6.04 Å². The topological polar surface area (TPSA) is 111 Å². The number of aliphatic hydroxyl groups excluding tert-OH is 1. The SMILES string of the molecule is Cc1ccccc1CNC(=O)[C@H]1N(C(=O)C(O)C(Cc2ccccc2)NC(=O)NCc2cccc(C(F)(F)F)c2)CSC1(C)C. The third-order valence-corrected chi connectivity index (χ3v) is 9.12. The molecule has 240 valence electrons. The molecule has 0 bridgehead atoms. The highest BCUT2D eigenvalue weighted by atomic mass is 32.2. The van der Waals surface area contributed by atoms with Crippen molar-refractivity contribution in [2.75, 3.05) is 5.88 Å². The first-order chi connectivity index (χ1) is 21.3. The van der Waals surface area contributed by atoms with Crippen molar-refractivity contribution in [3.63, 3.8) is 0 Å². The Hall–Kier alpha value is -4.03. The molecule has 0 aromatic heterocycles. The third-order valence-electron chi connectivity index (χ3n) is 7.75. The van der Waals surface area contributed by atoms with Crippen molar-refractivity contribution in [3.05, 3.63) is 107 Å². The number of alkyl halides is 3. The molecule has 1 fully saturated rings. The summed E-state index contributed by atoms with van der Waals surface area (Å²) in [5, 5.41) is 19.4. The summed E-state index contributed by atoms with van der Waals surface area (Å²) in [7, 11) is 0. The van der Waals surface area contributed by atoms with Crippen LogP contribution in [0.4, 0.5) is 18.0 Å². The van der Waals surface area contributed by atoms with Crippen LogP contribution in [-0.4, -0.2) is 56.7 Å². The maximum absolute atomic E-state index is 13.8. The molecule has 4 N–H and O–H groups in total. The molecule has 0 aliphatic carbocycles. The van der Waals surface area contributed by atoms with Gasteiger partial charge in [-0.25, -0.2) is 4.79 Å². The van der Waals surface area contributed by atoms with Gasteiger partial charge in [-0.3, -0.25) is 9.59 Å². The summed E-state index contributed by atoms with van der Waals surface area (Å²) in [5.41, 5.74) is 2.08. The summed E-state index contributed by atoms with van der Waals surface area (Å²) in [6.45, 7) is 5.72. The number of halogens is 3. The number of rotatable bonds is 10. The lowest BCUT2D eigenvalue weighted by atomic mass is 9.97. The second kappa shape index (κ2) is 14.4. The van der Waals surface area contributed by atoms with Gasteiger partial charge in [0.2, 0.25) is 5.91 Å². The van der Waals surface area contributed by atoms with Crippen LogP contribution in [0.5, 0.6) is 0 Å². The van der Waals surface area contributed by atoms with Gasteiger partial charge in [-0.1, -0.05) is 66.7 Å². The molecule has 1 aliphatic heterocycles. The summed E-state index contributed by atoms with van der Waals surface area (Å²) in [6, 6.07) is 18.4. The van der Waals surface area contributed by atoms with E-state index in [1.165, 1.54) is 28.8 Å². The first-order valence-electron chi connectivity index (χ1n) is 14.5. The monoisotopic (exact) mass is 642 g/mol. The Morgan fingerprint density at radius 3 is 2.31 bits per heavy atom. The lowest BCUT2D eigenvalue weighted by Crippen LogP contribution is -2.59. The number of hydrogen-bond donors (Lipinski definition) is 4. The number of thioether (sulfide) groups is 1. The van der Waals surface area contributed by atoms with Crippen molar-refractivity contribution < 1.29 is 32.7 Å². The summed E-state index contributed by atoms with van der Waals surface area (Å²) in [4.78, 5) is 41.5. The number of aryl methyl sites for hydroxylation is 1. The fraction of sp³-hybridized carbons (Fsp3) is 0.364. The van der Waals surface area contributed by atoms with Crippen molar-refractivity contribution in [1.29, 1.82) is 0 Å². The number of aliphatic hydroxyl groups is 1. The first-order valence-corrected chi connectivity index (χ1v) is 15.4. The van der Waals surface area contributed by atoms with Crippen molar-refractivity contribution in [3.8, 4) is 0 Å². The van der Waals surface area contributed by atoms with Crippen molar-refractivity contribution >= 4 is 29.6 Å². The second-order valence-electron chi connectivity index (χ2n) is 11.5. The van der Waals surface area contributed by atoms with Gasteiger partial charge >= 0.3 is 12.2 Å². The maximum atomic E-state index is 13.8. The number of amides is 4. The van der Waals surface area contributed by atoms with E-state index in [9.17, 15) is 32.7 Å². The molecule has 0 radical (unpaired) electrons. The first kappa shape index (κ1) is 33.9. The number of carbonyl (C=O) groups excluding carboxylic acids is 3. The van der Waals surface area contributed by atoms with E-state index < -0.39 is 46.6 Å². The summed E-state index contributed by atoms with van der Waals surface area (Å²) in [6.07, 6.45) is -6.16. The van der Waals surface area contributed by atoms with E-state index in [2.05, 4.69) is 16.0 Å². The molecule has 0 saturated carbocycles. The van der Waals surface area contributed by atoms with Gasteiger partial charge in [-0.05, 0) is 61.6 Å². The molecule has 3 aromatic carbocycles. The van der Waals surface area contributed by atoms with Gasteiger partial charge in [0.15, 0.2) is 6.10 Å². The minimum Gasteiger partial charge on any atom is -0.381 e. The van der Waals surface area contributed by atoms with E-state index in [0.717, 1.165) is 28.8 Å². The highest BCUT2D eigenvalue weighted by Gasteiger charge is 2.49. The Balaban J connectivity index is 1.48. The summed E-state index contributed by atoms with van der Waals surface area (Å²) < 4.78 is 38.7. The van der Waals surface area contributed by atoms with Crippen LogP contribution < -0.4 is 16.0 Å². The molecule has 3 atom stereocenters. The summed E-state index contributed by atoms with van der Waals surface area (Å²) in [5.74, 6) is -0.922. The largest absolute Gasteiger partial charge is 0.416 e. The smallest absolute Gasteiger partial charge is 0.381 e. The van der Waals surface area contributed by atoms with Gasteiger partial charge in [-0.15, -0.1) is 11.8 Å². The Labute approximate surface area is 264 Å². The molecular formula is C33H37F3N4O4S. The molecule has 1 saturated heterocycles. The van der Waals surface area contributed by atoms with E-state index in [4.69, 9.17) is 0 Å². The molecule has 4 rings (SSSR count). The number of nitrogens with one attached hydrogen (secondary N) is 3. The van der Waals surface area contributed by atoms with E-state index in [1.54, 1.807) is 30.3 Å². The third kappa shape index (κ3) is 8.79. The minimum atomic E-state index is -4.53. The second-order valence-corrected chi connectivity index (χ2v) is 13.1. The van der Waals surface area contributed by atoms with Crippen LogP contribution in [0.15, 0.2) is 78.9 Å². The number of hydrogen-bond acceptors (Lipinski definition) is 5. The van der Waals surface area contributed by atoms with E-state index in [-0.39, 0.29) is 36.9 Å². The molecule has 3 aromatic rings. The highest BCUT2D eigenvalue weighted by Crippen LogP contribution is 2.40. The molecule has 8 nitrogen and oxygen atoms in total. The quantitative estimate of drug-likeness (QED) is 0.255. The lowest BCUT2D eigenvalue weighted by molar-refractivity contribution is -0.147. The van der Waals surface area contributed by atoms with Crippen LogP contribution in [0.3, 0.4) is 0 Å². The Morgan fingerprint density at radius 2 is 1.62 bits per heavy atom. The Kier molecular flexibility index (Phi) is 10.8. The Bertz CT molecular complexity index is 1500. The normalized spacial score (nSPS) is 17.3. The standard InChI is InChI=1S/C33H37F3N4O4S/c1-21-10-7-8-14-24(21)19-37-29(42)28-32(2,3)45-20-40(28)30(43)27(41)26(17-22-11-5-4-6-12-22)39-31(44)38-18-23-13-9-15-25(16-23)33(34,35)36/h4-16,26-28,41H,17-20H2,1-3H3,(H,37,42)(H2,38,39,44)/t26?,27?,28-/m1/s1. The zero-order valence-corrected chi connectivity index (χ0v) is 26.0. The summed E-state index contributed by atoms with van der Waals surface area (Å²) >= 11 is 1.41. The van der Waals surface area contributed by atoms with E-state index >= 15 is 0 Å². The van der Waals surface area contributed by atoms with Gasteiger partial charge in [0.05, 0.1) is 17.5 Å². The number of urea groups is 1. The van der Waals surface area contributed by atoms with Gasteiger partial charge < -0.3 is 26.0 Å². The zero-order valence-electron chi connectivity index (χ0n) is 25.2. The van der Waals surface area contributed by atoms with E-state index in [0.29, 0.717) is 0 Å². The van der Waals surface area contributed by atoms with Crippen molar-refractivity contribution in [1.82, 2.24) is 20.9 Å². The molecular weight excluding hydrogens is 605 g/mol. The van der Waals surface area contributed by atoms with Crippen LogP contribution in [-0.2, 0) is 35.3 Å². The van der Waals surface area contributed by atoms with E-state index in [1.807, 2.05) is 45.0 Å². The van der Waals surface area contributed by atoms with Gasteiger partial charge in [0.25, 0.3) is 5.91 Å². The fourth-order valence-electron chi connectivity index (χ4n) is 5.21. The van der Waals surface area contributed by atoms with Gasteiger partial charge in [-0.2, -0.15) is 13.2 Å². The molecule has 1 aliphatic rings. The predicted octanol–water partition coefficient (Wildman–Crippen LogP) is 4.78. The van der Waals surface area contributed by atoms with Crippen LogP contribution in [0.1, 0.15) is 41.7 Å². The van der Waals surface area contributed by atoms with Crippen LogP contribution in [0.2, 0.25) is 0 Å². The lowest BCUT2D eigenvalue weighted by Gasteiger charge is -2.33. The van der Waals surface area contributed by atoms with Gasteiger partial charge in [0, 0.05) is 17.8 Å². The van der Waals surface area contributed by atoms with Crippen molar-refractivity contribution in [2.45, 2.75) is 69.4 Å². The zero-order chi connectivity index (χ0) is 32.8. The number of benzene rings is 3. The minimum absolute atomic E-state index is 0.0826. The number of nitrogens with zero attached hydrogens (tertiary/aromatic N) is 1. The van der Waals surface area contributed by atoms with Crippen LogP contribution >= 0.6 is 11.8 Å². The maximum Gasteiger partial charge on any atom is 0.416 e. The molecule has 2 unspecified atom stereocenters. The van der Waals surface area contributed by atoms with Crippen LogP contribution in [0.25, 0.3) is 0 Å². The molecule has 4 amide bonds. The van der Waals surface area contributed by atoms with Crippen molar-refractivity contribution in [2.24, 2.45) is 0 Å². The van der Waals surface area contributed by atoms with Crippen LogP contribution in [0, 0.1) is 6.92 Å². The fourth-order valence-corrected chi connectivity index (χ4v) is 6.35.